The Kier molecular flexibility index (Phi) is 10.7. The number of hydrogen-bond donors (Lipinski definition) is 2. The van der Waals surface area contributed by atoms with E-state index in [-0.39, 0.29) is 5.25 Å². The van der Waals surface area contributed by atoms with E-state index in [1.807, 2.05) is 44.2 Å². The molecule has 0 radical (unpaired) electrons. The zero-order chi connectivity index (χ0) is 31.0. The van der Waals surface area contributed by atoms with Crippen LogP contribution < -0.4 is 10.1 Å². The number of carboxylic acid groups (broad SMARTS) is 1. The van der Waals surface area contributed by atoms with E-state index in [0.717, 1.165) is 45.0 Å². The van der Waals surface area contributed by atoms with Crippen molar-refractivity contribution in [1.82, 2.24) is 5.32 Å². The quantitative estimate of drug-likeness (QED) is 0.129. The Morgan fingerprint density at radius 1 is 0.977 bits per heavy atom. The summed E-state index contributed by atoms with van der Waals surface area (Å²) in [6.07, 6.45) is -1.66. The average Bonchev–Trinajstić information content (AvgIpc) is 2.97. The van der Waals surface area contributed by atoms with Crippen molar-refractivity contribution in [3.63, 3.8) is 0 Å². The third-order valence-corrected chi connectivity index (χ3v) is 7.97. The van der Waals surface area contributed by atoms with Crippen LogP contribution >= 0.6 is 24.0 Å². The predicted octanol–water partition coefficient (Wildman–Crippen LogP) is 8.72. The van der Waals surface area contributed by atoms with Gasteiger partial charge in [0, 0.05) is 21.4 Å². The van der Waals surface area contributed by atoms with Gasteiger partial charge in [-0.25, -0.2) is 4.79 Å². The fourth-order valence-electron chi connectivity index (χ4n) is 4.38. The van der Waals surface area contributed by atoms with Crippen LogP contribution in [0.3, 0.4) is 0 Å². The fraction of sp³-hybridized carbons (Fsp3) is 0.176. The monoisotopic (exact) mass is 621 g/mol. The minimum absolute atomic E-state index is 0.0318. The van der Waals surface area contributed by atoms with Crippen LogP contribution in [-0.4, -0.2) is 27.9 Å². The number of allylic oxidation sites excluding steroid dienone is 1. The van der Waals surface area contributed by atoms with Gasteiger partial charge in [-0.3, -0.25) is 0 Å². The van der Waals surface area contributed by atoms with Gasteiger partial charge in [0.15, 0.2) is 6.61 Å². The summed E-state index contributed by atoms with van der Waals surface area (Å²) >= 11 is 7.12. The molecule has 4 nitrogen and oxygen atoms in total. The number of aryl methyl sites for hydroxylation is 1. The molecule has 0 aliphatic rings. The highest BCUT2D eigenvalue weighted by Gasteiger charge is 2.30. The number of benzene rings is 4. The predicted molar refractivity (Wildman–Crippen MR) is 170 cm³/mol. The number of halogens is 3. The smallest absolute Gasteiger partial charge is 0.416 e. The maximum atomic E-state index is 13.0. The average molecular weight is 622 g/mol. The summed E-state index contributed by atoms with van der Waals surface area (Å²) in [5.74, 6) is -0.534. The Bertz CT molecular complexity index is 1590. The SMILES string of the molecule is C/C(=C\C(Cc1ccc(-c2ccccc2)cc1)Sc1ccc(OCC(=O)O)c(C)c1)NC(=S)c1ccc(C(F)(F)F)cc1. The van der Waals surface area contributed by atoms with Gasteiger partial charge in [0.25, 0.3) is 0 Å². The first-order valence-electron chi connectivity index (χ1n) is 13.4. The number of aliphatic carboxylic acids is 1. The lowest BCUT2D eigenvalue weighted by atomic mass is 10.0. The normalized spacial score (nSPS) is 12.4. The number of rotatable bonds is 11. The molecule has 2 N–H and O–H groups in total. The van der Waals surface area contributed by atoms with Gasteiger partial charge in [0.2, 0.25) is 0 Å². The summed E-state index contributed by atoms with van der Waals surface area (Å²) in [6.45, 7) is 3.32. The Morgan fingerprint density at radius 3 is 2.23 bits per heavy atom. The lowest BCUT2D eigenvalue weighted by Crippen LogP contribution is -2.21. The van der Waals surface area contributed by atoms with E-state index in [4.69, 9.17) is 22.1 Å². The Balaban J connectivity index is 1.53. The summed E-state index contributed by atoms with van der Waals surface area (Å²) in [5.41, 5.74) is 4.74. The van der Waals surface area contributed by atoms with Crippen LogP contribution in [0.1, 0.15) is 29.2 Å². The molecule has 0 heterocycles. The maximum absolute atomic E-state index is 13.0. The molecule has 0 bridgehead atoms. The van der Waals surface area contributed by atoms with Crippen LogP contribution in [0.4, 0.5) is 13.2 Å². The molecule has 0 spiro atoms. The third kappa shape index (κ3) is 9.46. The number of carboxylic acids is 1. The minimum atomic E-state index is -4.41. The largest absolute Gasteiger partial charge is 0.482 e. The van der Waals surface area contributed by atoms with Crippen LogP contribution in [0.5, 0.6) is 5.75 Å². The molecule has 43 heavy (non-hydrogen) atoms. The molecular formula is C34H30F3NO3S2. The molecule has 4 aromatic carbocycles. The molecule has 222 valence electrons. The molecule has 0 aromatic heterocycles. The molecule has 9 heteroatoms. The van der Waals surface area contributed by atoms with Crippen molar-refractivity contribution in [2.45, 2.75) is 36.6 Å². The number of thiocarbonyl (C=S) groups is 1. The summed E-state index contributed by atoms with van der Waals surface area (Å²) in [6, 6.07) is 28.9. The van der Waals surface area contributed by atoms with Crippen molar-refractivity contribution in [2.24, 2.45) is 0 Å². The van der Waals surface area contributed by atoms with Crippen LogP contribution in [0.2, 0.25) is 0 Å². The van der Waals surface area contributed by atoms with Crippen molar-refractivity contribution in [2.75, 3.05) is 6.61 Å². The number of nitrogens with one attached hydrogen (secondary N) is 1. The van der Waals surface area contributed by atoms with Gasteiger partial charge in [0.05, 0.1) is 5.56 Å². The van der Waals surface area contributed by atoms with E-state index in [9.17, 15) is 18.0 Å². The van der Waals surface area contributed by atoms with Gasteiger partial charge < -0.3 is 15.2 Å². The van der Waals surface area contributed by atoms with Crippen LogP contribution in [0.15, 0.2) is 114 Å². The Morgan fingerprint density at radius 2 is 1.63 bits per heavy atom. The maximum Gasteiger partial charge on any atom is 0.416 e. The lowest BCUT2D eigenvalue weighted by Gasteiger charge is -2.17. The van der Waals surface area contributed by atoms with E-state index < -0.39 is 24.3 Å². The molecule has 0 aliphatic carbocycles. The van der Waals surface area contributed by atoms with Gasteiger partial charge in [0.1, 0.15) is 10.7 Å². The van der Waals surface area contributed by atoms with E-state index in [1.165, 1.54) is 12.1 Å². The fourth-order valence-corrected chi connectivity index (χ4v) is 5.97. The zero-order valence-electron chi connectivity index (χ0n) is 23.5. The highest BCUT2D eigenvalue weighted by atomic mass is 32.2. The Hall–Kier alpha value is -4.08. The standard InChI is InChI=1S/C34H30F3NO3S2/c1-22-18-29(16-17-31(22)41-21-32(39)40)43-30(20-24-8-10-26(11-9-24)25-6-4-3-5-7-25)19-23(2)38-33(42)27-12-14-28(15-13-27)34(35,36)37/h3-19,30H,20-21H2,1-2H3,(H,38,42)(H,39,40)/b23-19+. The molecule has 1 unspecified atom stereocenters. The number of thioether (sulfide) groups is 1. The molecule has 0 amide bonds. The Labute approximate surface area is 258 Å². The van der Waals surface area contributed by atoms with Crippen molar-refractivity contribution >= 4 is 34.9 Å². The minimum Gasteiger partial charge on any atom is -0.482 e. The number of hydrogen-bond acceptors (Lipinski definition) is 4. The highest BCUT2D eigenvalue weighted by Crippen LogP contribution is 2.32. The topological polar surface area (TPSA) is 58.6 Å². The van der Waals surface area contributed by atoms with Gasteiger partial charge in [-0.05, 0) is 72.9 Å². The molecule has 4 rings (SSSR count). The van der Waals surface area contributed by atoms with Crippen LogP contribution in [-0.2, 0) is 17.4 Å². The van der Waals surface area contributed by atoms with Crippen molar-refractivity contribution in [3.8, 4) is 16.9 Å². The van der Waals surface area contributed by atoms with Crippen molar-refractivity contribution < 1.29 is 27.8 Å². The second-order valence-corrected chi connectivity index (χ2v) is 11.6. The second kappa shape index (κ2) is 14.4. The first kappa shape index (κ1) is 31.8. The summed E-state index contributed by atoms with van der Waals surface area (Å²) in [7, 11) is 0. The van der Waals surface area contributed by atoms with Gasteiger partial charge in [-0.15, -0.1) is 11.8 Å². The third-order valence-electron chi connectivity index (χ3n) is 6.50. The van der Waals surface area contributed by atoms with Gasteiger partial charge >= 0.3 is 12.1 Å². The lowest BCUT2D eigenvalue weighted by molar-refractivity contribution is -0.139. The van der Waals surface area contributed by atoms with E-state index in [0.29, 0.717) is 22.7 Å². The van der Waals surface area contributed by atoms with E-state index in [1.54, 1.807) is 17.8 Å². The van der Waals surface area contributed by atoms with Gasteiger partial charge in [-0.1, -0.05) is 85.0 Å². The number of alkyl halides is 3. The number of carbonyl (C=O) groups is 1. The van der Waals surface area contributed by atoms with E-state index in [2.05, 4.69) is 47.8 Å². The van der Waals surface area contributed by atoms with Gasteiger partial charge in [-0.2, -0.15) is 13.2 Å². The molecule has 0 aliphatic heterocycles. The van der Waals surface area contributed by atoms with Crippen molar-refractivity contribution in [3.05, 3.63) is 131 Å². The molecule has 4 aromatic rings. The molecule has 0 saturated carbocycles. The van der Waals surface area contributed by atoms with Crippen LogP contribution in [0.25, 0.3) is 11.1 Å². The molecule has 1 atom stereocenters. The summed E-state index contributed by atoms with van der Waals surface area (Å²) in [5, 5.41) is 12.1. The molecule has 0 saturated heterocycles. The number of ether oxygens (including phenoxy) is 1. The second-order valence-electron chi connectivity index (χ2n) is 9.91. The zero-order valence-corrected chi connectivity index (χ0v) is 25.2. The summed E-state index contributed by atoms with van der Waals surface area (Å²) in [4.78, 5) is 12.2. The first-order valence-corrected chi connectivity index (χ1v) is 14.7. The molecule has 0 fully saturated rings. The molecular weight excluding hydrogens is 592 g/mol. The van der Waals surface area contributed by atoms with Crippen LogP contribution in [0, 0.1) is 6.92 Å². The van der Waals surface area contributed by atoms with Crippen molar-refractivity contribution in [1.29, 1.82) is 0 Å². The first-order chi connectivity index (χ1) is 20.5. The highest BCUT2D eigenvalue weighted by molar-refractivity contribution is 8.00. The van der Waals surface area contributed by atoms with E-state index >= 15 is 0 Å². The summed E-state index contributed by atoms with van der Waals surface area (Å²) < 4.78 is 44.3.